The van der Waals surface area contributed by atoms with E-state index in [0.717, 1.165) is 54.9 Å². The van der Waals surface area contributed by atoms with Gasteiger partial charge in [0.25, 0.3) is 0 Å². The maximum Gasteiger partial charge on any atom is 0.315 e. The van der Waals surface area contributed by atoms with Crippen molar-refractivity contribution in [1.82, 2.24) is 30.4 Å². The van der Waals surface area contributed by atoms with Crippen LogP contribution in [0.25, 0.3) is 0 Å². The molecule has 2 aliphatic heterocycles. The average molecular weight is 695 g/mol. The molecule has 0 aliphatic carbocycles. The van der Waals surface area contributed by atoms with Crippen molar-refractivity contribution in [1.29, 1.82) is 0 Å². The van der Waals surface area contributed by atoms with Crippen LogP contribution in [0.3, 0.4) is 0 Å². The molecule has 9 nitrogen and oxygen atoms in total. The van der Waals surface area contributed by atoms with Crippen LogP contribution in [0.5, 0.6) is 0 Å². The summed E-state index contributed by atoms with van der Waals surface area (Å²) in [6.45, 7) is 4.10. The predicted molar refractivity (Wildman–Crippen MR) is 196 cm³/mol. The van der Waals surface area contributed by atoms with E-state index in [1.54, 1.807) is 12.4 Å². The van der Waals surface area contributed by atoms with Crippen molar-refractivity contribution in [3.63, 3.8) is 0 Å². The number of halogens is 1. The number of benzene rings is 2. The summed E-state index contributed by atoms with van der Waals surface area (Å²) in [5.74, 6) is 0.101. The molecular weight excluding hydrogens is 648 g/mol. The Kier molecular flexibility index (Phi) is 11.8. The molecule has 10 heteroatoms. The van der Waals surface area contributed by atoms with E-state index in [-0.39, 0.29) is 18.0 Å². The molecule has 2 aromatic heterocycles. The van der Waals surface area contributed by atoms with E-state index in [9.17, 15) is 14.7 Å². The number of likely N-dealkylation sites (tertiary alicyclic amines) is 2. The van der Waals surface area contributed by atoms with E-state index < -0.39 is 11.0 Å². The third-order valence-electron chi connectivity index (χ3n) is 10.5. The van der Waals surface area contributed by atoms with E-state index >= 15 is 0 Å². The number of nitrogens with one attached hydrogen (secondary N) is 2. The van der Waals surface area contributed by atoms with Gasteiger partial charge >= 0.3 is 6.03 Å². The first-order valence-electron chi connectivity index (χ1n) is 17.7. The normalized spacial score (nSPS) is 17.8. The Labute approximate surface area is 300 Å². The van der Waals surface area contributed by atoms with Gasteiger partial charge in [-0.1, -0.05) is 60.1 Å². The third-order valence-corrected chi connectivity index (χ3v) is 10.7. The van der Waals surface area contributed by atoms with E-state index in [2.05, 4.69) is 38.7 Å². The lowest BCUT2D eigenvalue weighted by Gasteiger charge is -2.39. The highest BCUT2D eigenvalue weighted by molar-refractivity contribution is 6.30. The molecule has 2 aromatic carbocycles. The second-order valence-electron chi connectivity index (χ2n) is 13.7. The summed E-state index contributed by atoms with van der Waals surface area (Å²) < 4.78 is 0. The third kappa shape index (κ3) is 8.88. The molecule has 2 saturated heterocycles. The van der Waals surface area contributed by atoms with Crippen molar-refractivity contribution in [3.8, 4) is 0 Å². The molecule has 1 atom stereocenters. The van der Waals surface area contributed by atoms with Crippen molar-refractivity contribution < 1.29 is 14.7 Å². The Bertz CT molecular complexity index is 1620. The molecule has 6 rings (SSSR count). The molecule has 4 aromatic rings. The maximum absolute atomic E-state index is 13.4. The zero-order chi connectivity index (χ0) is 34.8. The smallest absolute Gasteiger partial charge is 0.315 e. The number of rotatable bonds is 12. The van der Waals surface area contributed by atoms with Crippen LogP contribution in [-0.4, -0.2) is 82.1 Å². The summed E-state index contributed by atoms with van der Waals surface area (Å²) in [5, 5.41) is 18.5. The van der Waals surface area contributed by atoms with Crippen molar-refractivity contribution in [2.24, 2.45) is 0 Å². The molecular formula is C40H47ClN6O3. The van der Waals surface area contributed by atoms with E-state index in [1.165, 1.54) is 0 Å². The molecule has 0 saturated carbocycles. The average Bonchev–Trinajstić information content (AvgIpc) is 3.15. The summed E-state index contributed by atoms with van der Waals surface area (Å²) in [6.07, 6.45) is 10.0. The highest BCUT2D eigenvalue weighted by Crippen LogP contribution is 2.37. The van der Waals surface area contributed by atoms with Crippen LogP contribution >= 0.6 is 11.6 Å². The van der Waals surface area contributed by atoms with Crippen LogP contribution in [0.2, 0.25) is 5.02 Å². The summed E-state index contributed by atoms with van der Waals surface area (Å²) in [4.78, 5) is 39.4. The lowest BCUT2D eigenvalue weighted by atomic mass is 9.73. The van der Waals surface area contributed by atoms with E-state index in [0.29, 0.717) is 56.8 Å². The first-order chi connectivity index (χ1) is 24.3. The van der Waals surface area contributed by atoms with Crippen molar-refractivity contribution in [2.45, 2.75) is 62.0 Å². The van der Waals surface area contributed by atoms with Crippen molar-refractivity contribution in [2.75, 3.05) is 39.3 Å². The minimum atomic E-state index is -0.841. The molecule has 2 fully saturated rings. The number of pyridine rings is 2. The number of hydrogen-bond acceptors (Lipinski definition) is 6. The fourth-order valence-electron chi connectivity index (χ4n) is 7.43. The number of aromatic nitrogens is 2. The molecule has 0 radical (unpaired) electrons. The van der Waals surface area contributed by atoms with Gasteiger partial charge in [0.05, 0.1) is 23.1 Å². The second kappa shape index (κ2) is 16.6. The fourth-order valence-corrected chi connectivity index (χ4v) is 7.56. The highest BCUT2D eigenvalue weighted by Gasteiger charge is 2.38. The number of nitrogens with zero attached hydrogens (tertiary/aromatic N) is 4. The minimum Gasteiger partial charge on any atom is -0.385 e. The molecule has 3 amide bonds. The Morgan fingerprint density at radius 3 is 2.26 bits per heavy atom. The van der Waals surface area contributed by atoms with Crippen LogP contribution in [0.15, 0.2) is 104 Å². The minimum absolute atomic E-state index is 0.00781. The van der Waals surface area contributed by atoms with Gasteiger partial charge in [-0.2, -0.15) is 0 Å². The topological polar surface area (TPSA) is 111 Å². The molecule has 1 unspecified atom stereocenters. The summed E-state index contributed by atoms with van der Waals surface area (Å²) >= 11 is 6.09. The van der Waals surface area contributed by atoms with Gasteiger partial charge in [-0.15, -0.1) is 0 Å². The zero-order valence-electron chi connectivity index (χ0n) is 28.5. The number of carbonyl (C=O) groups excluding carboxylic acids is 2. The number of urea groups is 1. The number of aliphatic hydroxyl groups is 1. The lowest BCUT2D eigenvalue weighted by molar-refractivity contribution is -0.131. The van der Waals surface area contributed by atoms with Gasteiger partial charge in [-0.3, -0.25) is 14.8 Å². The van der Waals surface area contributed by atoms with Gasteiger partial charge in [0, 0.05) is 62.4 Å². The van der Waals surface area contributed by atoms with Crippen LogP contribution in [0.4, 0.5) is 4.79 Å². The molecule has 4 heterocycles. The summed E-state index contributed by atoms with van der Waals surface area (Å²) in [5.41, 5.74) is 2.52. The standard InChI is InChI=1S/C40H47ClN6O3/c41-34-12-10-33(11-13-34)40(50)19-27-46(28-20-40)24-6-18-39(32-7-2-1-3-8-32,36-9-4-5-21-43-36)30-44-38(49)45-35-16-25-47(26-17-35)37(48)29-31-14-22-42-23-15-31/h1-5,7-15,21-23,35,50H,6,16-20,24-30H2,(H2,44,45,49). The SMILES string of the molecule is O=C(NCC(CCCN1CCC(O)(c2ccc(Cl)cc2)CC1)(c1ccccc1)c1ccccn1)NC1CCN(C(=O)Cc2ccncc2)CC1. The molecule has 50 heavy (non-hydrogen) atoms. The summed E-state index contributed by atoms with van der Waals surface area (Å²) in [6, 6.07) is 27.4. The zero-order valence-corrected chi connectivity index (χ0v) is 29.3. The molecule has 262 valence electrons. The highest BCUT2D eigenvalue weighted by atomic mass is 35.5. The Morgan fingerprint density at radius 1 is 0.880 bits per heavy atom. The number of piperidine rings is 2. The number of hydrogen-bond donors (Lipinski definition) is 3. The Balaban J connectivity index is 1.06. The van der Waals surface area contributed by atoms with Crippen LogP contribution in [-0.2, 0) is 22.2 Å². The lowest BCUT2D eigenvalue weighted by Crippen LogP contribution is -2.51. The van der Waals surface area contributed by atoms with Crippen LogP contribution in [0.1, 0.15) is 60.9 Å². The molecule has 0 bridgehead atoms. The van der Waals surface area contributed by atoms with Gasteiger partial charge in [-0.25, -0.2) is 4.79 Å². The number of amides is 3. The van der Waals surface area contributed by atoms with E-state index in [4.69, 9.17) is 16.6 Å². The monoisotopic (exact) mass is 694 g/mol. The Morgan fingerprint density at radius 2 is 1.58 bits per heavy atom. The quantitative estimate of drug-likeness (QED) is 0.175. The molecule has 3 N–H and O–H groups in total. The van der Waals surface area contributed by atoms with Gasteiger partial charge in [0.2, 0.25) is 5.91 Å². The largest absolute Gasteiger partial charge is 0.385 e. The van der Waals surface area contributed by atoms with E-state index in [1.807, 2.05) is 77.8 Å². The summed E-state index contributed by atoms with van der Waals surface area (Å²) in [7, 11) is 0. The predicted octanol–water partition coefficient (Wildman–Crippen LogP) is 5.71. The first-order valence-corrected chi connectivity index (χ1v) is 18.1. The van der Waals surface area contributed by atoms with Gasteiger partial charge in [-0.05, 0) is 98.2 Å². The molecule has 2 aliphatic rings. The van der Waals surface area contributed by atoms with Crippen molar-refractivity contribution >= 4 is 23.5 Å². The molecule has 0 spiro atoms. The van der Waals surface area contributed by atoms with Crippen LogP contribution in [0, 0.1) is 0 Å². The van der Waals surface area contributed by atoms with Gasteiger partial charge in [0.1, 0.15) is 0 Å². The maximum atomic E-state index is 13.4. The fraction of sp³-hybridized carbons (Fsp3) is 0.400. The van der Waals surface area contributed by atoms with Crippen molar-refractivity contribution in [3.05, 3.63) is 131 Å². The second-order valence-corrected chi connectivity index (χ2v) is 14.1. The van der Waals surface area contributed by atoms with Gasteiger partial charge < -0.3 is 25.5 Å². The Hall–Kier alpha value is -4.31. The van der Waals surface area contributed by atoms with Gasteiger partial charge in [0.15, 0.2) is 0 Å². The first kappa shape index (κ1) is 35.5. The number of carbonyl (C=O) groups is 2. The van der Waals surface area contributed by atoms with Crippen LogP contribution < -0.4 is 10.6 Å².